The third-order valence-corrected chi connectivity index (χ3v) is 6.39. The highest BCUT2D eigenvalue weighted by atomic mass is 32.2. The van der Waals surface area contributed by atoms with E-state index in [1.54, 1.807) is 29.2 Å². The molecule has 0 saturated heterocycles. The minimum Gasteiger partial charge on any atom is -0.376 e. The smallest absolute Gasteiger partial charge is 0.246 e. The quantitative estimate of drug-likeness (QED) is 0.715. The number of para-hydroxylation sites is 1. The molecule has 0 atom stereocenters. The van der Waals surface area contributed by atoms with Gasteiger partial charge in [0.2, 0.25) is 15.9 Å². The van der Waals surface area contributed by atoms with Gasteiger partial charge in [-0.1, -0.05) is 32.0 Å². The van der Waals surface area contributed by atoms with E-state index in [2.05, 4.69) is 5.32 Å². The second-order valence-electron chi connectivity index (χ2n) is 5.94. The van der Waals surface area contributed by atoms with E-state index in [0.29, 0.717) is 25.3 Å². The van der Waals surface area contributed by atoms with Crippen molar-refractivity contribution in [3.63, 3.8) is 0 Å². The number of benzene rings is 2. The molecule has 0 spiro atoms. The van der Waals surface area contributed by atoms with E-state index in [1.807, 2.05) is 51.1 Å². The molecule has 6 nitrogen and oxygen atoms in total. The van der Waals surface area contributed by atoms with Crippen molar-refractivity contribution in [3.05, 3.63) is 54.6 Å². The van der Waals surface area contributed by atoms with E-state index in [9.17, 15) is 13.2 Å². The summed E-state index contributed by atoms with van der Waals surface area (Å²) in [5.74, 6) is -0.0523. The molecule has 0 aliphatic heterocycles. The van der Waals surface area contributed by atoms with Crippen molar-refractivity contribution in [1.82, 2.24) is 4.31 Å². The lowest BCUT2D eigenvalue weighted by Gasteiger charge is -2.21. The Morgan fingerprint density at radius 1 is 0.889 bits per heavy atom. The molecule has 0 fully saturated rings. The van der Waals surface area contributed by atoms with E-state index >= 15 is 0 Å². The number of amides is 1. The number of nitrogens with one attached hydrogen (secondary N) is 1. The molecule has 1 N–H and O–H groups in total. The fourth-order valence-electron chi connectivity index (χ4n) is 2.84. The topological polar surface area (TPSA) is 69.7 Å². The molecule has 27 heavy (non-hydrogen) atoms. The van der Waals surface area contributed by atoms with E-state index in [-0.39, 0.29) is 17.3 Å². The highest BCUT2D eigenvalue weighted by molar-refractivity contribution is 7.89. The van der Waals surface area contributed by atoms with Gasteiger partial charge >= 0.3 is 0 Å². The standard InChI is InChI=1S/C20H27N3O3S/c1-4-22(5-2)27(25,26)19-14-12-17(13-15-19)21-16-20(24)23(6-3)18-10-8-7-9-11-18/h7-15,21H,4-6,16H2,1-3H3. The molecule has 0 aliphatic carbocycles. The Hall–Kier alpha value is -2.38. The molecule has 146 valence electrons. The fourth-order valence-corrected chi connectivity index (χ4v) is 4.30. The number of carbonyl (C=O) groups is 1. The number of carbonyl (C=O) groups excluding carboxylic acids is 1. The molecule has 2 aromatic rings. The first-order valence-corrected chi connectivity index (χ1v) is 10.6. The van der Waals surface area contributed by atoms with Crippen LogP contribution in [0.1, 0.15) is 20.8 Å². The van der Waals surface area contributed by atoms with Crippen LogP contribution in [0.5, 0.6) is 0 Å². The largest absolute Gasteiger partial charge is 0.376 e. The summed E-state index contributed by atoms with van der Waals surface area (Å²) in [5.41, 5.74) is 1.55. The molecule has 2 aromatic carbocycles. The second-order valence-corrected chi connectivity index (χ2v) is 7.88. The minimum absolute atomic E-state index is 0.0523. The molecular formula is C20H27N3O3S. The first-order valence-electron chi connectivity index (χ1n) is 9.13. The van der Waals surface area contributed by atoms with Gasteiger partial charge in [-0.05, 0) is 43.3 Å². The summed E-state index contributed by atoms with van der Waals surface area (Å²) in [7, 11) is -3.47. The van der Waals surface area contributed by atoms with Gasteiger partial charge < -0.3 is 10.2 Å². The predicted molar refractivity (Wildman–Crippen MR) is 110 cm³/mol. The lowest BCUT2D eigenvalue weighted by Crippen LogP contribution is -2.35. The molecule has 0 saturated carbocycles. The van der Waals surface area contributed by atoms with Gasteiger partial charge in [-0.3, -0.25) is 4.79 Å². The third-order valence-electron chi connectivity index (χ3n) is 4.33. The molecule has 7 heteroatoms. The molecule has 0 aromatic heterocycles. The summed E-state index contributed by atoms with van der Waals surface area (Å²) >= 11 is 0. The van der Waals surface area contributed by atoms with Crippen LogP contribution in [0.25, 0.3) is 0 Å². The highest BCUT2D eigenvalue weighted by Crippen LogP contribution is 2.18. The summed E-state index contributed by atoms with van der Waals surface area (Å²) in [4.78, 5) is 14.5. The number of hydrogen-bond acceptors (Lipinski definition) is 4. The molecule has 2 rings (SSSR count). The van der Waals surface area contributed by atoms with E-state index in [0.717, 1.165) is 5.69 Å². The van der Waals surface area contributed by atoms with Crippen LogP contribution in [0.3, 0.4) is 0 Å². The Morgan fingerprint density at radius 3 is 2.00 bits per heavy atom. The Balaban J connectivity index is 2.03. The molecule has 1 amide bonds. The van der Waals surface area contributed by atoms with Gasteiger partial charge in [0, 0.05) is 31.0 Å². The second kappa shape index (κ2) is 9.53. The van der Waals surface area contributed by atoms with E-state index in [4.69, 9.17) is 0 Å². The summed E-state index contributed by atoms with van der Waals surface area (Å²) in [6.07, 6.45) is 0. The number of sulfonamides is 1. The zero-order chi connectivity index (χ0) is 19.9. The molecule has 0 unspecified atom stereocenters. The Morgan fingerprint density at radius 2 is 1.48 bits per heavy atom. The number of likely N-dealkylation sites (N-methyl/N-ethyl adjacent to an activating group) is 1. The zero-order valence-corrected chi connectivity index (χ0v) is 16.9. The van der Waals surface area contributed by atoms with Gasteiger partial charge in [-0.15, -0.1) is 0 Å². The van der Waals surface area contributed by atoms with Crippen LogP contribution in [-0.2, 0) is 14.8 Å². The normalized spacial score (nSPS) is 11.4. The van der Waals surface area contributed by atoms with Crippen LogP contribution >= 0.6 is 0 Å². The Bertz CT molecular complexity index is 833. The average molecular weight is 390 g/mol. The van der Waals surface area contributed by atoms with Crippen molar-refractivity contribution in [2.45, 2.75) is 25.7 Å². The van der Waals surface area contributed by atoms with Gasteiger partial charge in [0.05, 0.1) is 11.4 Å². The summed E-state index contributed by atoms with van der Waals surface area (Å²) in [6, 6.07) is 16.0. The SMILES string of the molecule is CCN(C(=O)CNc1ccc(S(=O)(=O)N(CC)CC)cc1)c1ccccc1. The van der Waals surface area contributed by atoms with E-state index < -0.39 is 10.0 Å². The van der Waals surface area contributed by atoms with Crippen LogP contribution in [0.2, 0.25) is 0 Å². The van der Waals surface area contributed by atoms with Crippen LogP contribution in [0.15, 0.2) is 59.5 Å². The summed E-state index contributed by atoms with van der Waals surface area (Å²) in [5, 5.41) is 3.07. The summed E-state index contributed by atoms with van der Waals surface area (Å²) < 4.78 is 26.4. The zero-order valence-electron chi connectivity index (χ0n) is 16.1. The van der Waals surface area contributed by atoms with Crippen LogP contribution in [-0.4, -0.2) is 44.8 Å². The van der Waals surface area contributed by atoms with Crippen LogP contribution in [0, 0.1) is 0 Å². The number of rotatable bonds is 9. The first kappa shape index (κ1) is 20.9. The van der Waals surface area contributed by atoms with Gasteiger partial charge in [0.25, 0.3) is 0 Å². The van der Waals surface area contributed by atoms with Crippen molar-refractivity contribution >= 4 is 27.3 Å². The van der Waals surface area contributed by atoms with Gasteiger partial charge in [-0.25, -0.2) is 8.42 Å². The first-order chi connectivity index (χ1) is 12.9. The number of anilines is 2. The van der Waals surface area contributed by atoms with E-state index in [1.165, 1.54) is 4.31 Å². The lowest BCUT2D eigenvalue weighted by atomic mass is 10.2. The molecule has 0 aliphatic rings. The molecular weight excluding hydrogens is 362 g/mol. The lowest BCUT2D eigenvalue weighted by molar-refractivity contribution is -0.116. The van der Waals surface area contributed by atoms with Crippen LogP contribution in [0.4, 0.5) is 11.4 Å². The monoisotopic (exact) mass is 389 g/mol. The molecule has 0 bridgehead atoms. The van der Waals surface area contributed by atoms with Gasteiger partial charge in [-0.2, -0.15) is 4.31 Å². The van der Waals surface area contributed by atoms with Crippen molar-refractivity contribution in [2.24, 2.45) is 0 Å². The number of hydrogen-bond donors (Lipinski definition) is 1. The molecule has 0 heterocycles. The minimum atomic E-state index is -3.47. The van der Waals surface area contributed by atoms with Crippen molar-refractivity contribution < 1.29 is 13.2 Å². The molecule has 0 radical (unpaired) electrons. The Labute approximate surface area is 161 Å². The van der Waals surface area contributed by atoms with Gasteiger partial charge in [0.1, 0.15) is 0 Å². The van der Waals surface area contributed by atoms with Gasteiger partial charge in [0.15, 0.2) is 0 Å². The fraction of sp³-hybridized carbons (Fsp3) is 0.350. The average Bonchev–Trinajstić information content (AvgIpc) is 2.69. The highest BCUT2D eigenvalue weighted by Gasteiger charge is 2.21. The van der Waals surface area contributed by atoms with Crippen LogP contribution < -0.4 is 10.2 Å². The van der Waals surface area contributed by atoms with Crippen molar-refractivity contribution in [3.8, 4) is 0 Å². The maximum atomic E-state index is 12.5. The van der Waals surface area contributed by atoms with Crippen molar-refractivity contribution in [2.75, 3.05) is 36.4 Å². The number of nitrogens with zero attached hydrogens (tertiary/aromatic N) is 2. The predicted octanol–water partition coefficient (Wildman–Crippen LogP) is 3.18. The third kappa shape index (κ3) is 5.08. The maximum absolute atomic E-state index is 12.5. The maximum Gasteiger partial charge on any atom is 0.246 e. The van der Waals surface area contributed by atoms with Crippen molar-refractivity contribution in [1.29, 1.82) is 0 Å². The summed E-state index contributed by atoms with van der Waals surface area (Å²) in [6.45, 7) is 7.12. The Kier molecular flexibility index (Phi) is 7.38.